The molecule has 1 heteroatoms. The van der Waals surface area contributed by atoms with Crippen molar-refractivity contribution in [3.8, 4) is 0 Å². The molecule has 0 radical (unpaired) electrons. The first-order valence-electron chi connectivity index (χ1n) is 5.71. The Labute approximate surface area is 88.3 Å². The Hall–Kier alpha value is -0.820. The summed E-state index contributed by atoms with van der Waals surface area (Å²) in [5.74, 6) is 0. The molecule has 0 saturated carbocycles. The summed E-state index contributed by atoms with van der Waals surface area (Å²) in [7, 11) is 0. The maximum atomic E-state index is 5.85. The maximum absolute atomic E-state index is 5.85. The third kappa shape index (κ3) is 3.15. The second-order valence-corrected chi connectivity index (χ2v) is 2.84. The first kappa shape index (κ1) is 13.2. The van der Waals surface area contributed by atoms with Crippen LogP contribution in [0.15, 0.2) is 24.3 Å². The average molecular weight is 193 g/mol. The summed E-state index contributed by atoms with van der Waals surface area (Å²) in [6.45, 7) is 8.00. The number of hydrogen-bond acceptors (Lipinski definition) is 1. The molecular formula is C13H23N. The van der Waals surface area contributed by atoms with Gasteiger partial charge in [0.15, 0.2) is 0 Å². The highest BCUT2D eigenvalue weighted by molar-refractivity contribution is 5.33. The second-order valence-electron chi connectivity index (χ2n) is 2.84. The van der Waals surface area contributed by atoms with Crippen molar-refractivity contribution in [3.63, 3.8) is 0 Å². The normalized spacial score (nSPS) is 17.1. The van der Waals surface area contributed by atoms with Crippen LogP contribution in [-0.4, -0.2) is 0 Å². The van der Waals surface area contributed by atoms with Crippen LogP contribution in [-0.2, 0) is 6.42 Å². The summed E-state index contributed by atoms with van der Waals surface area (Å²) in [6, 6.07) is 8.74. The lowest BCUT2D eigenvalue weighted by atomic mass is 10.1. The highest BCUT2D eigenvalue weighted by Crippen LogP contribution is 2.28. The molecule has 0 fully saturated rings. The van der Waals surface area contributed by atoms with Gasteiger partial charge in [-0.1, -0.05) is 52.0 Å². The SMILES string of the molecule is CC.CC.NC1CCc2ccccc21. The predicted octanol–water partition coefficient (Wildman–Crippen LogP) is 3.69. The van der Waals surface area contributed by atoms with Crippen molar-refractivity contribution >= 4 is 0 Å². The fourth-order valence-electron chi connectivity index (χ4n) is 1.59. The van der Waals surface area contributed by atoms with Gasteiger partial charge in [0.25, 0.3) is 0 Å². The molecule has 0 aromatic heterocycles. The van der Waals surface area contributed by atoms with E-state index in [1.54, 1.807) is 0 Å². The summed E-state index contributed by atoms with van der Waals surface area (Å²) >= 11 is 0. The van der Waals surface area contributed by atoms with Gasteiger partial charge >= 0.3 is 0 Å². The lowest BCUT2D eigenvalue weighted by molar-refractivity contribution is 0.713. The fourth-order valence-corrected chi connectivity index (χ4v) is 1.59. The zero-order valence-corrected chi connectivity index (χ0v) is 9.88. The number of hydrogen-bond donors (Lipinski definition) is 1. The van der Waals surface area contributed by atoms with Gasteiger partial charge in [-0.05, 0) is 24.0 Å². The van der Waals surface area contributed by atoms with Gasteiger partial charge in [-0.3, -0.25) is 0 Å². The lowest BCUT2D eigenvalue weighted by Gasteiger charge is -2.01. The van der Waals surface area contributed by atoms with Crippen molar-refractivity contribution in [2.45, 2.75) is 46.6 Å². The van der Waals surface area contributed by atoms with E-state index in [0.29, 0.717) is 6.04 Å². The van der Waals surface area contributed by atoms with Crippen LogP contribution in [0.25, 0.3) is 0 Å². The first-order valence-corrected chi connectivity index (χ1v) is 5.71. The lowest BCUT2D eigenvalue weighted by Crippen LogP contribution is -2.04. The molecule has 14 heavy (non-hydrogen) atoms. The maximum Gasteiger partial charge on any atom is 0.0300 e. The molecule has 80 valence electrons. The van der Waals surface area contributed by atoms with Gasteiger partial charge in [-0.15, -0.1) is 0 Å². The van der Waals surface area contributed by atoms with Crippen molar-refractivity contribution < 1.29 is 0 Å². The monoisotopic (exact) mass is 193 g/mol. The minimum Gasteiger partial charge on any atom is -0.324 e. The van der Waals surface area contributed by atoms with Crippen molar-refractivity contribution in [1.82, 2.24) is 0 Å². The number of aryl methyl sites for hydroxylation is 1. The highest BCUT2D eigenvalue weighted by atomic mass is 14.6. The Morgan fingerprint density at radius 2 is 1.64 bits per heavy atom. The number of rotatable bonds is 0. The van der Waals surface area contributed by atoms with E-state index in [2.05, 4.69) is 24.3 Å². The molecule has 0 aliphatic heterocycles. The third-order valence-corrected chi connectivity index (χ3v) is 2.18. The average Bonchev–Trinajstić information content (AvgIpc) is 2.67. The minimum absolute atomic E-state index is 0.302. The Balaban J connectivity index is 0.000000379. The van der Waals surface area contributed by atoms with E-state index in [4.69, 9.17) is 5.73 Å². The number of fused-ring (bicyclic) bond motifs is 1. The van der Waals surface area contributed by atoms with Gasteiger partial charge in [0.1, 0.15) is 0 Å². The van der Waals surface area contributed by atoms with Gasteiger partial charge in [-0.25, -0.2) is 0 Å². The molecule has 1 nitrogen and oxygen atoms in total. The van der Waals surface area contributed by atoms with Crippen molar-refractivity contribution in [2.24, 2.45) is 5.73 Å². The summed E-state index contributed by atoms with van der Waals surface area (Å²) in [6.07, 6.45) is 2.29. The third-order valence-electron chi connectivity index (χ3n) is 2.18. The Kier molecular flexibility index (Phi) is 7.13. The Morgan fingerprint density at radius 1 is 1.07 bits per heavy atom. The summed E-state index contributed by atoms with van der Waals surface area (Å²) in [5.41, 5.74) is 8.64. The molecule has 1 unspecified atom stereocenters. The molecular weight excluding hydrogens is 170 g/mol. The Bertz CT molecular complexity index is 243. The summed E-state index contributed by atoms with van der Waals surface area (Å²) < 4.78 is 0. The standard InChI is InChI=1S/C9H11N.2C2H6/c10-9-6-5-7-3-1-2-4-8(7)9;2*1-2/h1-4,9H,5-6,10H2;2*1-2H3. The van der Waals surface area contributed by atoms with Crippen LogP contribution in [0.1, 0.15) is 51.3 Å². The van der Waals surface area contributed by atoms with E-state index in [1.807, 2.05) is 27.7 Å². The van der Waals surface area contributed by atoms with Gasteiger partial charge in [0, 0.05) is 6.04 Å². The molecule has 2 rings (SSSR count). The van der Waals surface area contributed by atoms with E-state index in [0.717, 1.165) is 12.8 Å². The smallest absolute Gasteiger partial charge is 0.0300 e. The summed E-state index contributed by atoms with van der Waals surface area (Å²) in [5, 5.41) is 0. The molecule has 1 aliphatic rings. The van der Waals surface area contributed by atoms with E-state index in [1.165, 1.54) is 11.1 Å². The van der Waals surface area contributed by atoms with Crippen LogP contribution in [0.3, 0.4) is 0 Å². The van der Waals surface area contributed by atoms with E-state index in [9.17, 15) is 0 Å². The molecule has 2 N–H and O–H groups in total. The molecule has 0 bridgehead atoms. The summed E-state index contributed by atoms with van der Waals surface area (Å²) in [4.78, 5) is 0. The van der Waals surface area contributed by atoms with Crippen LogP contribution in [0, 0.1) is 0 Å². The molecule has 1 atom stereocenters. The van der Waals surface area contributed by atoms with Gasteiger partial charge in [0.05, 0.1) is 0 Å². The van der Waals surface area contributed by atoms with Gasteiger partial charge < -0.3 is 5.73 Å². The van der Waals surface area contributed by atoms with Gasteiger partial charge in [0.2, 0.25) is 0 Å². The zero-order valence-electron chi connectivity index (χ0n) is 9.88. The van der Waals surface area contributed by atoms with Crippen LogP contribution in [0.5, 0.6) is 0 Å². The molecule has 1 aromatic carbocycles. The van der Waals surface area contributed by atoms with Crippen molar-refractivity contribution in [1.29, 1.82) is 0 Å². The first-order chi connectivity index (χ1) is 6.88. The fraction of sp³-hybridized carbons (Fsp3) is 0.538. The van der Waals surface area contributed by atoms with E-state index >= 15 is 0 Å². The van der Waals surface area contributed by atoms with E-state index in [-0.39, 0.29) is 0 Å². The molecule has 0 saturated heterocycles. The van der Waals surface area contributed by atoms with Crippen molar-refractivity contribution in [2.75, 3.05) is 0 Å². The molecule has 0 amide bonds. The molecule has 0 heterocycles. The number of benzene rings is 1. The number of nitrogens with two attached hydrogens (primary N) is 1. The minimum atomic E-state index is 0.302. The second kappa shape index (κ2) is 7.57. The van der Waals surface area contributed by atoms with Crippen LogP contribution >= 0.6 is 0 Å². The van der Waals surface area contributed by atoms with Crippen LogP contribution in [0.2, 0.25) is 0 Å². The largest absolute Gasteiger partial charge is 0.324 e. The topological polar surface area (TPSA) is 26.0 Å². The van der Waals surface area contributed by atoms with Gasteiger partial charge in [-0.2, -0.15) is 0 Å². The molecule has 1 aromatic rings. The zero-order chi connectivity index (χ0) is 11.0. The van der Waals surface area contributed by atoms with Crippen LogP contribution < -0.4 is 5.73 Å². The molecule has 0 spiro atoms. The Morgan fingerprint density at radius 3 is 2.21 bits per heavy atom. The van der Waals surface area contributed by atoms with Crippen molar-refractivity contribution in [3.05, 3.63) is 35.4 Å². The van der Waals surface area contributed by atoms with Crippen LogP contribution in [0.4, 0.5) is 0 Å². The van der Waals surface area contributed by atoms with E-state index < -0.39 is 0 Å². The quantitative estimate of drug-likeness (QED) is 0.668. The highest BCUT2D eigenvalue weighted by Gasteiger charge is 2.16. The predicted molar refractivity (Wildman–Crippen MR) is 64.4 cm³/mol. The molecule has 1 aliphatic carbocycles.